The molecule has 103 heavy (non-hydrogen) atoms. The molecule has 520 valence electrons. The molecule has 0 aromatic heterocycles. The molecule has 4 aliphatic rings. The van der Waals surface area contributed by atoms with Gasteiger partial charge in [-0.25, -0.2) is 0 Å². The molecule has 0 atom stereocenters. The van der Waals surface area contributed by atoms with Crippen LogP contribution in [-0.4, -0.2) is 13.4 Å². The molecule has 15 rings (SSSR count). The van der Waals surface area contributed by atoms with E-state index < -0.39 is 0 Å². The van der Waals surface area contributed by atoms with Crippen molar-refractivity contribution in [1.82, 2.24) is 0 Å². The van der Waals surface area contributed by atoms with E-state index in [-0.39, 0.29) is 45.9 Å². The zero-order chi connectivity index (χ0) is 72.8. The topological polar surface area (TPSA) is 31.4 Å². The standard InChI is InChI=1S/C94H99B2IN4O2/c1-20-21-34-59-43-60(89(2,3)4)46-67(44-59)100-79-50-62(91(8,9)10)48-73(93(14,15)16)85(79)95-75-57-76-78(58-77(75)98(65-35-26-22-27-36-65)81-53-71(55-83(100)87(81)95)102-69-39-30-24-31-40-69)99(66-37-28-23-29-38-66)82-54-72(103-70-41-32-25-33-42-70)56-84-88(82)96(76)86-74(94(17,18)19)49-63(92(11,12)13)51-80(86)101(84)68-47-61(90(5,6)7)45-64(97)52-68/h22-33,35-58H,20-21,34H2,1-19H3. The monoisotopic (exact) mass is 1460 g/mol. The second-order valence-corrected chi connectivity index (χ2v) is 36.8. The molecule has 0 fully saturated rings. The van der Waals surface area contributed by atoms with Crippen LogP contribution in [0.2, 0.25) is 0 Å². The minimum Gasteiger partial charge on any atom is -0.457 e. The van der Waals surface area contributed by atoms with Gasteiger partial charge in [0.2, 0.25) is 0 Å². The number of nitrogens with zero attached hydrogens (tertiary/aromatic N) is 4. The molecular formula is C94H99B2IN4O2. The molecule has 0 amide bonds. The molecule has 11 aromatic rings. The lowest BCUT2D eigenvalue weighted by Gasteiger charge is -2.49. The number of anilines is 12. The molecule has 0 saturated carbocycles. The van der Waals surface area contributed by atoms with E-state index in [9.17, 15) is 0 Å². The van der Waals surface area contributed by atoms with Gasteiger partial charge in [0.1, 0.15) is 23.0 Å². The highest BCUT2D eigenvalue weighted by Gasteiger charge is 2.52. The Hall–Kier alpha value is -8.92. The van der Waals surface area contributed by atoms with Crippen LogP contribution in [0.4, 0.5) is 68.2 Å². The number of halogens is 1. The summed E-state index contributed by atoms with van der Waals surface area (Å²) in [5.41, 5.74) is 29.1. The predicted molar refractivity (Wildman–Crippen MR) is 451 cm³/mol. The van der Waals surface area contributed by atoms with Gasteiger partial charge in [-0.1, -0.05) is 235 Å². The highest BCUT2D eigenvalue weighted by molar-refractivity contribution is 14.1. The van der Waals surface area contributed by atoms with Crippen LogP contribution in [-0.2, 0) is 38.9 Å². The predicted octanol–water partition coefficient (Wildman–Crippen LogP) is 23.2. The van der Waals surface area contributed by atoms with Gasteiger partial charge in [-0.05, 0) is 237 Å². The van der Waals surface area contributed by atoms with Crippen molar-refractivity contribution in [2.75, 3.05) is 19.6 Å². The fourth-order valence-corrected chi connectivity index (χ4v) is 17.0. The number of benzene rings is 11. The quantitative estimate of drug-likeness (QED) is 0.0948. The van der Waals surface area contributed by atoms with Crippen molar-refractivity contribution in [3.8, 4) is 23.0 Å². The molecule has 0 N–H and O–H groups in total. The lowest BCUT2D eigenvalue weighted by Crippen LogP contribution is -2.66. The van der Waals surface area contributed by atoms with Gasteiger partial charge in [0.05, 0.1) is 0 Å². The smallest absolute Gasteiger partial charge is 0.252 e. The first-order valence-corrected chi connectivity index (χ1v) is 38.4. The number of rotatable bonds is 11. The molecule has 0 saturated heterocycles. The van der Waals surface area contributed by atoms with Gasteiger partial charge in [0, 0.05) is 96.1 Å². The fourth-order valence-electron chi connectivity index (χ4n) is 16.3. The van der Waals surface area contributed by atoms with Crippen molar-refractivity contribution >= 4 is 137 Å². The zero-order valence-corrected chi connectivity index (χ0v) is 66.2. The van der Waals surface area contributed by atoms with E-state index in [1.807, 2.05) is 0 Å². The maximum absolute atomic E-state index is 7.30. The Labute approximate surface area is 628 Å². The van der Waals surface area contributed by atoms with Crippen LogP contribution in [0, 0.1) is 3.57 Å². The van der Waals surface area contributed by atoms with Gasteiger partial charge >= 0.3 is 0 Å². The Kier molecular flexibility index (Phi) is 17.2. The average molecular weight is 1470 g/mol. The lowest BCUT2D eigenvalue weighted by atomic mass is 9.29. The van der Waals surface area contributed by atoms with Gasteiger partial charge in [-0.15, -0.1) is 0 Å². The van der Waals surface area contributed by atoms with Gasteiger partial charge < -0.3 is 29.1 Å². The summed E-state index contributed by atoms with van der Waals surface area (Å²) in [4.78, 5) is 10.5. The van der Waals surface area contributed by atoms with Crippen LogP contribution in [0.15, 0.2) is 218 Å². The van der Waals surface area contributed by atoms with Crippen LogP contribution in [0.5, 0.6) is 23.0 Å². The van der Waals surface area contributed by atoms with E-state index in [2.05, 4.69) is 392 Å². The minimum absolute atomic E-state index is 0.130. The highest BCUT2D eigenvalue weighted by atomic mass is 127. The van der Waals surface area contributed by atoms with Crippen LogP contribution >= 0.6 is 22.6 Å². The fraction of sp³-hybridized carbons (Fsp3) is 0.298. The van der Waals surface area contributed by atoms with Gasteiger partial charge in [0.15, 0.2) is 0 Å². The van der Waals surface area contributed by atoms with E-state index in [1.54, 1.807) is 0 Å². The molecule has 0 aliphatic carbocycles. The summed E-state index contributed by atoms with van der Waals surface area (Å²) < 4.78 is 15.8. The van der Waals surface area contributed by atoms with Gasteiger partial charge in [0.25, 0.3) is 13.4 Å². The van der Waals surface area contributed by atoms with Crippen molar-refractivity contribution < 1.29 is 9.47 Å². The van der Waals surface area contributed by atoms with Crippen LogP contribution < -0.4 is 61.9 Å². The maximum Gasteiger partial charge on any atom is 0.252 e. The Morgan fingerprint density at radius 1 is 0.301 bits per heavy atom. The van der Waals surface area contributed by atoms with E-state index in [0.717, 1.165) is 93.4 Å². The molecule has 0 spiro atoms. The van der Waals surface area contributed by atoms with Crippen molar-refractivity contribution in [3.63, 3.8) is 0 Å². The summed E-state index contributed by atoms with van der Waals surface area (Å²) in [7, 11) is 0. The number of hydrogen-bond acceptors (Lipinski definition) is 6. The zero-order valence-electron chi connectivity index (χ0n) is 64.0. The average Bonchev–Trinajstić information content (AvgIpc) is 0.680. The van der Waals surface area contributed by atoms with Crippen LogP contribution in [0.1, 0.15) is 183 Å². The Balaban J connectivity index is 1.14. The number of para-hydroxylation sites is 4. The summed E-state index contributed by atoms with van der Waals surface area (Å²) in [5.74, 6) is 3.09. The molecule has 0 bridgehead atoms. The van der Waals surface area contributed by atoms with Crippen molar-refractivity contribution in [1.29, 1.82) is 0 Å². The van der Waals surface area contributed by atoms with Crippen molar-refractivity contribution in [2.24, 2.45) is 0 Å². The highest BCUT2D eigenvalue weighted by Crippen LogP contribution is 2.54. The van der Waals surface area contributed by atoms with Gasteiger partial charge in [-0.3, -0.25) is 0 Å². The molecule has 6 nitrogen and oxygen atoms in total. The minimum atomic E-state index is -0.298. The number of unbranched alkanes of at least 4 members (excludes halogenated alkanes) is 1. The third-order valence-corrected chi connectivity index (χ3v) is 22.3. The number of aryl methyl sites for hydroxylation is 1. The third kappa shape index (κ3) is 12.6. The Morgan fingerprint density at radius 2 is 0.641 bits per heavy atom. The van der Waals surface area contributed by atoms with E-state index in [4.69, 9.17) is 9.47 Å². The Morgan fingerprint density at radius 3 is 1.01 bits per heavy atom. The first-order valence-electron chi connectivity index (χ1n) is 37.4. The maximum atomic E-state index is 7.30. The molecule has 0 radical (unpaired) electrons. The summed E-state index contributed by atoms with van der Waals surface area (Å²) in [6.07, 6.45) is 3.21. The SMILES string of the molecule is CCCCc1cc(N2c3cc(Oc4ccccc4)cc4c3B(c3cc5c(cc3N4c3ccccc3)N(c3ccccc3)c3cc(Oc4ccccc4)cc4c3B5c3c(cc(C(C)(C)C)cc3C(C)(C)C)N4c3cc(I)cc(C(C)(C)C)c3)c3c2cc(C(C)(C)C)cc3C(C)(C)C)cc(C(C)(C)C)c1. The second kappa shape index (κ2) is 25.5. The summed E-state index contributed by atoms with van der Waals surface area (Å²) >= 11 is 2.57. The van der Waals surface area contributed by atoms with Crippen LogP contribution in [0.3, 0.4) is 0 Å². The number of fused-ring (bicyclic) bond motifs is 8. The number of ether oxygens (including phenoxy) is 2. The molecule has 4 heterocycles. The second-order valence-electron chi connectivity index (χ2n) is 35.5. The Bertz CT molecular complexity index is 5130. The molecule has 0 unspecified atom stereocenters. The van der Waals surface area contributed by atoms with E-state index in [1.165, 1.54) is 92.4 Å². The molecule has 11 aromatic carbocycles. The third-order valence-electron chi connectivity index (χ3n) is 21.7. The normalized spacial score (nSPS) is 14.0. The number of hydrogen-bond donors (Lipinski definition) is 0. The van der Waals surface area contributed by atoms with Gasteiger partial charge in [-0.2, -0.15) is 0 Å². The summed E-state index contributed by atoms with van der Waals surface area (Å²) in [6.45, 7) is 44.9. The van der Waals surface area contributed by atoms with Crippen molar-refractivity contribution in [3.05, 3.63) is 261 Å². The first-order chi connectivity index (χ1) is 48.7. The molecule has 9 heteroatoms. The molecular weight excluding hydrogens is 1370 g/mol. The molecule has 4 aliphatic heterocycles. The van der Waals surface area contributed by atoms with Crippen molar-refractivity contribution in [2.45, 2.75) is 183 Å². The lowest BCUT2D eigenvalue weighted by molar-refractivity contribution is 0.483. The summed E-state index contributed by atoms with van der Waals surface area (Å²) in [5, 5.41) is 0. The van der Waals surface area contributed by atoms with E-state index in [0.29, 0.717) is 0 Å². The first kappa shape index (κ1) is 69.8. The van der Waals surface area contributed by atoms with E-state index >= 15 is 0 Å². The largest absolute Gasteiger partial charge is 0.457 e. The summed E-state index contributed by atoms with van der Waals surface area (Å²) in [6, 6.07) is 82.7. The van der Waals surface area contributed by atoms with Crippen LogP contribution in [0.25, 0.3) is 0 Å².